The van der Waals surface area contributed by atoms with Gasteiger partial charge >= 0.3 is 5.63 Å². The summed E-state index contributed by atoms with van der Waals surface area (Å²) in [6, 6.07) is 11.8. The van der Waals surface area contributed by atoms with Crippen LogP contribution in [0, 0.1) is 0 Å². The number of hydrogen-bond donors (Lipinski definition) is 1. The molecular formula is C18H15NO5. The monoisotopic (exact) mass is 325 g/mol. The Morgan fingerprint density at radius 2 is 1.88 bits per heavy atom. The van der Waals surface area contributed by atoms with Crippen molar-refractivity contribution >= 4 is 22.9 Å². The van der Waals surface area contributed by atoms with E-state index in [0.29, 0.717) is 28.2 Å². The first-order valence-corrected chi connectivity index (χ1v) is 7.15. The van der Waals surface area contributed by atoms with Crippen LogP contribution >= 0.6 is 0 Å². The predicted octanol–water partition coefficient (Wildman–Crippen LogP) is 3.26. The molecule has 3 rings (SSSR count). The first-order valence-electron chi connectivity index (χ1n) is 7.15. The molecule has 0 aliphatic rings. The average Bonchev–Trinajstić information content (AvgIpc) is 2.61. The van der Waals surface area contributed by atoms with Crippen molar-refractivity contribution in [2.45, 2.75) is 0 Å². The summed E-state index contributed by atoms with van der Waals surface area (Å²) in [5.41, 5.74) is 0.775. The second-order valence-corrected chi connectivity index (χ2v) is 4.95. The van der Waals surface area contributed by atoms with E-state index in [2.05, 4.69) is 4.98 Å². The van der Waals surface area contributed by atoms with E-state index in [4.69, 9.17) is 13.9 Å². The van der Waals surface area contributed by atoms with Crippen molar-refractivity contribution in [1.29, 1.82) is 0 Å². The Hall–Kier alpha value is -3.28. The molecule has 6 nitrogen and oxygen atoms in total. The van der Waals surface area contributed by atoms with Gasteiger partial charge in [0.1, 0.15) is 11.3 Å². The Labute approximate surface area is 137 Å². The minimum absolute atomic E-state index is 0.0148. The fraction of sp³-hybridized carbons (Fsp3) is 0.111. The van der Waals surface area contributed by atoms with Crippen molar-refractivity contribution in [3.8, 4) is 11.5 Å². The molecule has 0 saturated heterocycles. The molecule has 1 N–H and O–H groups in total. The van der Waals surface area contributed by atoms with Crippen LogP contribution in [0.3, 0.4) is 0 Å². The molecule has 0 spiro atoms. The Morgan fingerprint density at radius 3 is 2.62 bits per heavy atom. The van der Waals surface area contributed by atoms with Crippen LogP contribution < -0.4 is 15.1 Å². The molecule has 0 bridgehead atoms. The van der Waals surface area contributed by atoms with Crippen molar-refractivity contribution in [3.05, 3.63) is 64.1 Å². The summed E-state index contributed by atoms with van der Waals surface area (Å²) in [4.78, 5) is 16.2. The highest BCUT2D eigenvalue weighted by Crippen LogP contribution is 2.30. The molecule has 0 amide bonds. The summed E-state index contributed by atoms with van der Waals surface area (Å²) in [5, 5.41) is 10.3. The van der Waals surface area contributed by atoms with E-state index in [0.717, 1.165) is 0 Å². The number of benzene rings is 2. The van der Waals surface area contributed by atoms with Gasteiger partial charge in [0.15, 0.2) is 22.8 Å². The molecular weight excluding hydrogens is 310 g/mol. The molecule has 1 aromatic heterocycles. The SMILES string of the molecule is COc1ccc(/C(O)=C/c2nc3ccccc3oc2=O)cc1OC. The van der Waals surface area contributed by atoms with E-state index in [1.165, 1.54) is 20.3 Å². The molecule has 0 unspecified atom stereocenters. The van der Waals surface area contributed by atoms with Crippen LogP contribution in [0.2, 0.25) is 0 Å². The highest BCUT2D eigenvalue weighted by atomic mass is 16.5. The maximum atomic E-state index is 12.0. The van der Waals surface area contributed by atoms with Crippen molar-refractivity contribution in [1.82, 2.24) is 4.98 Å². The molecule has 3 aromatic rings. The Kier molecular flexibility index (Phi) is 4.20. The lowest BCUT2D eigenvalue weighted by Gasteiger charge is -2.09. The third kappa shape index (κ3) is 2.94. The van der Waals surface area contributed by atoms with Gasteiger partial charge in [-0.25, -0.2) is 9.78 Å². The van der Waals surface area contributed by atoms with Crippen molar-refractivity contribution in [2.75, 3.05) is 14.2 Å². The second kappa shape index (κ2) is 6.45. The molecule has 0 radical (unpaired) electrons. The zero-order valence-electron chi connectivity index (χ0n) is 13.1. The van der Waals surface area contributed by atoms with Gasteiger partial charge in [-0.2, -0.15) is 0 Å². The smallest absolute Gasteiger partial charge is 0.362 e. The molecule has 6 heteroatoms. The third-order valence-corrected chi connectivity index (χ3v) is 3.47. The Bertz CT molecular complexity index is 975. The van der Waals surface area contributed by atoms with Gasteiger partial charge in [0.2, 0.25) is 0 Å². The summed E-state index contributed by atoms with van der Waals surface area (Å²) in [7, 11) is 3.03. The first-order chi connectivity index (χ1) is 11.6. The Morgan fingerprint density at radius 1 is 1.12 bits per heavy atom. The lowest BCUT2D eigenvalue weighted by Crippen LogP contribution is -2.06. The zero-order valence-corrected chi connectivity index (χ0v) is 13.1. The van der Waals surface area contributed by atoms with Gasteiger partial charge in [-0.3, -0.25) is 0 Å². The van der Waals surface area contributed by atoms with Gasteiger partial charge in [0.25, 0.3) is 0 Å². The van der Waals surface area contributed by atoms with Crippen molar-refractivity contribution in [2.24, 2.45) is 0 Å². The summed E-state index contributed by atoms with van der Waals surface area (Å²) in [6.07, 6.45) is 1.26. The molecule has 122 valence electrons. The van der Waals surface area contributed by atoms with Crippen LogP contribution in [0.1, 0.15) is 11.3 Å². The molecule has 0 aliphatic heterocycles. The quantitative estimate of drug-likeness (QED) is 0.742. The van der Waals surface area contributed by atoms with Crippen molar-refractivity contribution in [3.63, 3.8) is 0 Å². The first kappa shape index (κ1) is 15.6. The number of fused-ring (bicyclic) bond motifs is 1. The van der Waals surface area contributed by atoms with Crippen LogP contribution in [0.25, 0.3) is 22.9 Å². The lowest BCUT2D eigenvalue weighted by molar-refractivity contribution is 0.354. The number of aliphatic hydroxyl groups excluding tert-OH is 1. The van der Waals surface area contributed by atoms with Gasteiger partial charge in [0, 0.05) is 11.6 Å². The van der Waals surface area contributed by atoms with Crippen LogP contribution in [0.15, 0.2) is 51.7 Å². The number of aliphatic hydroxyl groups is 1. The van der Waals surface area contributed by atoms with Crippen LogP contribution in [0.4, 0.5) is 0 Å². The van der Waals surface area contributed by atoms with Crippen molar-refractivity contribution < 1.29 is 19.0 Å². The van der Waals surface area contributed by atoms with E-state index in [1.54, 1.807) is 42.5 Å². The summed E-state index contributed by atoms with van der Waals surface area (Å²) >= 11 is 0. The highest BCUT2D eigenvalue weighted by Gasteiger charge is 2.10. The number of aromatic nitrogens is 1. The van der Waals surface area contributed by atoms with Gasteiger partial charge in [-0.15, -0.1) is 0 Å². The number of nitrogens with zero attached hydrogens (tertiary/aromatic N) is 1. The molecule has 1 heterocycles. The topological polar surface area (TPSA) is 81.8 Å². The fourth-order valence-corrected chi connectivity index (χ4v) is 2.26. The fourth-order valence-electron chi connectivity index (χ4n) is 2.26. The van der Waals surface area contributed by atoms with Gasteiger partial charge in [0.05, 0.1) is 14.2 Å². The zero-order chi connectivity index (χ0) is 17.1. The van der Waals surface area contributed by atoms with Gasteiger partial charge in [-0.05, 0) is 30.3 Å². The molecule has 0 aliphatic carbocycles. The lowest BCUT2D eigenvalue weighted by atomic mass is 10.1. The van der Waals surface area contributed by atoms with Crippen LogP contribution in [0.5, 0.6) is 11.5 Å². The summed E-state index contributed by atoms with van der Waals surface area (Å²) in [5.74, 6) is 0.872. The molecule has 2 aromatic carbocycles. The molecule has 0 fully saturated rings. The predicted molar refractivity (Wildman–Crippen MR) is 90.3 cm³/mol. The maximum absolute atomic E-state index is 12.0. The van der Waals surface area contributed by atoms with Crippen LogP contribution in [-0.4, -0.2) is 24.3 Å². The minimum atomic E-state index is -0.624. The molecule has 24 heavy (non-hydrogen) atoms. The maximum Gasteiger partial charge on any atom is 0.362 e. The highest BCUT2D eigenvalue weighted by molar-refractivity contribution is 5.78. The molecule has 0 atom stereocenters. The number of para-hydroxylation sites is 2. The van der Waals surface area contributed by atoms with Gasteiger partial charge in [-0.1, -0.05) is 12.1 Å². The number of hydrogen-bond acceptors (Lipinski definition) is 6. The summed E-state index contributed by atoms with van der Waals surface area (Å²) in [6.45, 7) is 0. The normalized spacial score (nSPS) is 11.5. The van der Waals surface area contributed by atoms with E-state index in [-0.39, 0.29) is 11.5 Å². The third-order valence-electron chi connectivity index (χ3n) is 3.47. The largest absolute Gasteiger partial charge is 0.507 e. The van der Waals surface area contributed by atoms with E-state index < -0.39 is 5.63 Å². The van der Waals surface area contributed by atoms with E-state index >= 15 is 0 Å². The van der Waals surface area contributed by atoms with Gasteiger partial charge < -0.3 is 19.0 Å². The summed E-state index contributed by atoms with van der Waals surface area (Å²) < 4.78 is 15.5. The Balaban J connectivity index is 2.05. The number of methoxy groups -OCH3 is 2. The van der Waals surface area contributed by atoms with E-state index in [9.17, 15) is 9.90 Å². The average molecular weight is 325 g/mol. The molecule has 0 saturated carbocycles. The standard InChI is InChI=1S/C18H15NO5/c1-22-16-8-7-11(9-17(16)23-2)14(20)10-13-18(21)24-15-6-4-3-5-12(15)19-13/h3-10,20H,1-2H3/b14-10-. The second-order valence-electron chi connectivity index (χ2n) is 4.95. The number of rotatable bonds is 4. The number of ether oxygens (including phenoxy) is 2. The van der Waals surface area contributed by atoms with Crippen LogP contribution in [-0.2, 0) is 0 Å². The minimum Gasteiger partial charge on any atom is -0.507 e. The van der Waals surface area contributed by atoms with E-state index in [1.807, 2.05) is 0 Å².